The fraction of sp³-hybridized carbons (Fsp3) is 0.118. The summed E-state index contributed by atoms with van der Waals surface area (Å²) in [6.07, 6.45) is 0.336. The normalized spacial score (nSPS) is 10.6. The molecule has 0 saturated carbocycles. The molecule has 10 nitrogen and oxygen atoms in total. The number of ether oxygens (including phenoxy) is 2. The highest BCUT2D eigenvalue weighted by Gasteiger charge is 2.16. The highest BCUT2D eigenvalue weighted by atomic mass is 35.5. The molecule has 2 rings (SSSR count). The number of hydrogen-bond acceptors (Lipinski definition) is 8. The summed E-state index contributed by atoms with van der Waals surface area (Å²) >= 11 is 12.3. The van der Waals surface area contributed by atoms with Crippen LogP contribution in [0.2, 0.25) is 10.0 Å². The molecule has 0 saturated heterocycles. The van der Waals surface area contributed by atoms with Gasteiger partial charge in [-0.25, -0.2) is 4.79 Å². The molecule has 0 aliphatic carbocycles. The Kier molecular flexibility index (Phi) is 7.59. The number of hydrazone groups is 1. The second kappa shape index (κ2) is 10.1. The van der Waals surface area contributed by atoms with Gasteiger partial charge in [0.2, 0.25) is 11.3 Å². The number of aromatic nitrogens is 1. The van der Waals surface area contributed by atoms with Crippen molar-refractivity contribution < 1.29 is 19.1 Å². The lowest BCUT2D eigenvalue weighted by atomic mass is 10.3. The summed E-state index contributed by atoms with van der Waals surface area (Å²) in [5.74, 6) is -0.626. The zero-order valence-electron chi connectivity index (χ0n) is 14.8. The molecule has 0 fully saturated rings. The van der Waals surface area contributed by atoms with Gasteiger partial charge < -0.3 is 14.5 Å². The molecule has 1 aromatic carbocycles. The number of alkyl carbamates (subject to hydrolysis) is 1. The molecule has 2 aromatic rings. The van der Waals surface area contributed by atoms with E-state index in [9.17, 15) is 14.4 Å². The zero-order valence-corrected chi connectivity index (χ0v) is 16.3. The Morgan fingerprint density at radius 3 is 2.52 bits per heavy atom. The number of imide groups is 1. The first-order chi connectivity index (χ1) is 13.8. The second-order valence-corrected chi connectivity index (χ2v) is 5.93. The summed E-state index contributed by atoms with van der Waals surface area (Å²) in [7, 11) is 0. The molecule has 0 spiro atoms. The molecule has 0 bridgehead atoms. The van der Waals surface area contributed by atoms with Crippen LogP contribution in [0.5, 0.6) is 11.5 Å². The van der Waals surface area contributed by atoms with Crippen molar-refractivity contribution in [2.45, 2.75) is 6.92 Å². The molecule has 3 N–H and O–H groups in total. The van der Waals surface area contributed by atoms with Crippen LogP contribution in [0.15, 0.2) is 40.4 Å². The van der Waals surface area contributed by atoms with Gasteiger partial charge in [0, 0.05) is 12.3 Å². The molecule has 0 aliphatic heterocycles. The van der Waals surface area contributed by atoms with Crippen molar-refractivity contribution in [3.8, 4) is 17.6 Å². The number of nitrogens with zero attached hydrogens (tertiary/aromatic N) is 2. The molecule has 0 unspecified atom stereocenters. The number of benzene rings is 1. The van der Waals surface area contributed by atoms with Crippen LogP contribution < -0.4 is 21.0 Å². The monoisotopic (exact) mass is 437 g/mol. The number of carbonyl (C=O) groups excluding carboxylic acids is 2. The van der Waals surface area contributed by atoms with E-state index >= 15 is 0 Å². The number of amides is 2. The van der Waals surface area contributed by atoms with Crippen LogP contribution in [-0.4, -0.2) is 29.3 Å². The lowest BCUT2D eigenvalue weighted by Gasteiger charge is -2.11. The maximum Gasteiger partial charge on any atom is 0.414 e. The standard InChI is InChI=1S/C17H13Cl2N5O5/c1-2-28-17(27)22-16(26)13(7-20)24-23-9-5-11(18)15(12(19)6-9)29-10-3-4-14(25)21-8-10/h3-6,8,23H,2H2,1H3,(H,21,25)(H,22,26,27)/b24-13+. The minimum atomic E-state index is -1.05. The van der Waals surface area contributed by atoms with Crippen molar-refractivity contribution in [2.24, 2.45) is 5.10 Å². The number of pyridine rings is 1. The molecule has 29 heavy (non-hydrogen) atoms. The number of nitriles is 1. The fourth-order valence-electron chi connectivity index (χ4n) is 1.87. The number of halogens is 2. The minimum Gasteiger partial charge on any atom is -0.453 e. The number of aromatic amines is 1. The van der Waals surface area contributed by atoms with Crippen LogP contribution >= 0.6 is 23.2 Å². The van der Waals surface area contributed by atoms with Crippen LogP contribution in [0.4, 0.5) is 10.5 Å². The molecule has 2 amide bonds. The van der Waals surface area contributed by atoms with Crippen molar-refractivity contribution >= 4 is 46.6 Å². The van der Waals surface area contributed by atoms with E-state index in [1.165, 1.54) is 30.5 Å². The number of anilines is 1. The van der Waals surface area contributed by atoms with E-state index in [4.69, 9.17) is 33.2 Å². The first-order valence-electron chi connectivity index (χ1n) is 7.91. The lowest BCUT2D eigenvalue weighted by molar-refractivity contribution is -0.114. The quantitative estimate of drug-likeness (QED) is 0.464. The van der Waals surface area contributed by atoms with Crippen molar-refractivity contribution in [1.29, 1.82) is 5.26 Å². The lowest BCUT2D eigenvalue weighted by Crippen LogP contribution is -2.36. The predicted octanol–water partition coefficient (Wildman–Crippen LogP) is 3.04. The van der Waals surface area contributed by atoms with Crippen molar-refractivity contribution in [3.05, 3.63) is 50.9 Å². The molecule has 1 aromatic heterocycles. The van der Waals surface area contributed by atoms with Gasteiger partial charge in [-0.15, -0.1) is 0 Å². The molecular formula is C17H13Cl2N5O5. The second-order valence-electron chi connectivity index (χ2n) is 5.12. The third kappa shape index (κ3) is 6.24. The van der Waals surface area contributed by atoms with E-state index in [1.54, 1.807) is 13.0 Å². The van der Waals surface area contributed by atoms with Crippen LogP contribution in [0.25, 0.3) is 0 Å². The van der Waals surface area contributed by atoms with Crippen LogP contribution in [0.3, 0.4) is 0 Å². The van der Waals surface area contributed by atoms with E-state index in [2.05, 4.69) is 20.2 Å². The average molecular weight is 438 g/mol. The summed E-state index contributed by atoms with van der Waals surface area (Å²) in [6.45, 7) is 1.61. The van der Waals surface area contributed by atoms with Gasteiger partial charge >= 0.3 is 6.09 Å². The fourth-order valence-corrected chi connectivity index (χ4v) is 2.43. The van der Waals surface area contributed by atoms with E-state index < -0.39 is 17.7 Å². The van der Waals surface area contributed by atoms with Gasteiger partial charge in [-0.1, -0.05) is 23.2 Å². The van der Waals surface area contributed by atoms with Gasteiger partial charge in [0.05, 0.1) is 22.3 Å². The Bertz CT molecular complexity index is 1020. The average Bonchev–Trinajstić information content (AvgIpc) is 2.66. The Labute approximate surface area is 174 Å². The summed E-state index contributed by atoms with van der Waals surface area (Å²) in [6, 6.07) is 7.02. The van der Waals surface area contributed by atoms with Gasteiger partial charge in [-0.3, -0.25) is 20.3 Å². The SMILES string of the molecule is CCOC(=O)NC(=O)/C(C#N)=N/Nc1cc(Cl)c(Oc2ccc(=O)[nH]c2)c(Cl)c1. The third-order valence-electron chi connectivity index (χ3n) is 3.08. The molecule has 12 heteroatoms. The number of nitrogens with one attached hydrogen (secondary N) is 3. The van der Waals surface area contributed by atoms with Gasteiger partial charge in [-0.2, -0.15) is 10.4 Å². The highest BCUT2D eigenvalue weighted by molar-refractivity contribution is 6.47. The number of hydrogen-bond donors (Lipinski definition) is 3. The summed E-state index contributed by atoms with van der Waals surface area (Å²) in [4.78, 5) is 36.6. The topological polar surface area (TPSA) is 146 Å². The molecule has 0 aliphatic rings. The highest BCUT2D eigenvalue weighted by Crippen LogP contribution is 2.38. The van der Waals surface area contributed by atoms with Gasteiger partial charge in [0.25, 0.3) is 5.91 Å². The Morgan fingerprint density at radius 1 is 1.28 bits per heavy atom. The third-order valence-corrected chi connectivity index (χ3v) is 3.64. The Balaban J connectivity index is 2.15. The number of rotatable bonds is 6. The molecule has 150 valence electrons. The Hall–Kier alpha value is -3.55. The predicted molar refractivity (Wildman–Crippen MR) is 105 cm³/mol. The van der Waals surface area contributed by atoms with E-state index in [-0.39, 0.29) is 33.6 Å². The van der Waals surface area contributed by atoms with Crippen molar-refractivity contribution in [1.82, 2.24) is 10.3 Å². The minimum absolute atomic E-state index is 0.0564. The zero-order chi connectivity index (χ0) is 21.4. The van der Waals surface area contributed by atoms with Gasteiger partial charge in [0.15, 0.2) is 5.75 Å². The first-order valence-corrected chi connectivity index (χ1v) is 8.67. The molecular weight excluding hydrogens is 425 g/mol. The van der Waals surface area contributed by atoms with E-state index in [0.717, 1.165) is 0 Å². The first kappa shape index (κ1) is 21.7. The van der Waals surface area contributed by atoms with Crippen LogP contribution in [-0.2, 0) is 9.53 Å². The summed E-state index contributed by atoms with van der Waals surface area (Å²) < 4.78 is 10.1. The van der Waals surface area contributed by atoms with Crippen LogP contribution in [0.1, 0.15) is 6.92 Å². The largest absolute Gasteiger partial charge is 0.453 e. The van der Waals surface area contributed by atoms with E-state index in [1.807, 2.05) is 5.32 Å². The molecule has 0 atom stereocenters. The summed E-state index contributed by atoms with van der Waals surface area (Å²) in [5.41, 5.74) is 1.76. The number of carbonyl (C=O) groups is 2. The van der Waals surface area contributed by atoms with E-state index in [0.29, 0.717) is 5.75 Å². The number of H-pyrrole nitrogens is 1. The van der Waals surface area contributed by atoms with Crippen molar-refractivity contribution in [3.63, 3.8) is 0 Å². The van der Waals surface area contributed by atoms with Gasteiger partial charge in [-0.05, 0) is 25.1 Å². The maximum absolute atomic E-state index is 11.8. The van der Waals surface area contributed by atoms with Gasteiger partial charge in [0.1, 0.15) is 11.8 Å². The maximum atomic E-state index is 11.8. The summed E-state index contributed by atoms with van der Waals surface area (Å²) in [5, 5.41) is 14.7. The smallest absolute Gasteiger partial charge is 0.414 e. The Morgan fingerprint density at radius 2 is 1.97 bits per heavy atom. The van der Waals surface area contributed by atoms with Crippen molar-refractivity contribution in [2.75, 3.05) is 12.0 Å². The molecule has 1 heterocycles. The molecule has 0 radical (unpaired) electrons. The van der Waals surface area contributed by atoms with Crippen LogP contribution in [0, 0.1) is 11.3 Å².